The molecule has 3 aromatic rings. The standard InChI is InChI=1S/C24H24F3N5O3/c1-13-6-8-35-21-15(4-3-5-17(21)24(25,26)27)14(2)29-23-16-10-19(32-7-9-34-12-20(32)33)28-11-18(16)30-22(13)31-23/h3-5,10-11,13-14H,6-9,12H2,1-2H3,(H,29,30,31)/t13-,14-/m1/s1. The molecule has 0 saturated carbocycles. The van der Waals surface area contributed by atoms with Gasteiger partial charge in [-0.15, -0.1) is 0 Å². The minimum Gasteiger partial charge on any atom is -0.493 e. The molecule has 1 amide bonds. The molecule has 1 N–H and O–H groups in total. The molecule has 184 valence electrons. The zero-order valence-corrected chi connectivity index (χ0v) is 19.2. The molecule has 0 aliphatic carbocycles. The summed E-state index contributed by atoms with van der Waals surface area (Å²) >= 11 is 0. The average molecular weight is 487 g/mol. The molecule has 35 heavy (non-hydrogen) atoms. The highest BCUT2D eigenvalue weighted by atomic mass is 19.4. The summed E-state index contributed by atoms with van der Waals surface area (Å²) in [4.78, 5) is 27.7. The second kappa shape index (κ2) is 8.95. The van der Waals surface area contributed by atoms with Crippen LogP contribution in [0.25, 0.3) is 10.9 Å². The number of amides is 1. The number of hydrogen-bond donors (Lipinski definition) is 1. The van der Waals surface area contributed by atoms with Crippen molar-refractivity contribution in [3.8, 4) is 5.75 Å². The molecule has 8 nitrogen and oxygen atoms in total. The first-order valence-corrected chi connectivity index (χ1v) is 11.4. The Hall–Kier alpha value is -3.47. The molecule has 2 aliphatic heterocycles. The quantitative estimate of drug-likeness (QED) is 0.542. The van der Waals surface area contributed by atoms with Crippen LogP contribution >= 0.6 is 0 Å². The smallest absolute Gasteiger partial charge is 0.419 e. The fourth-order valence-corrected chi connectivity index (χ4v) is 4.31. The normalized spacial score (nSPS) is 21.1. The minimum absolute atomic E-state index is 0.0207. The number of anilines is 2. The summed E-state index contributed by atoms with van der Waals surface area (Å²) in [5.41, 5.74) is 0.140. The van der Waals surface area contributed by atoms with Crippen molar-refractivity contribution in [2.45, 2.75) is 38.4 Å². The van der Waals surface area contributed by atoms with E-state index in [9.17, 15) is 18.0 Å². The number of halogens is 3. The van der Waals surface area contributed by atoms with Gasteiger partial charge >= 0.3 is 6.18 Å². The number of carbonyl (C=O) groups is 1. The van der Waals surface area contributed by atoms with E-state index in [1.54, 1.807) is 30.2 Å². The lowest BCUT2D eigenvalue weighted by atomic mass is 10.0. The van der Waals surface area contributed by atoms with Gasteiger partial charge in [0.05, 0.1) is 43.1 Å². The molecule has 2 aliphatic rings. The van der Waals surface area contributed by atoms with Gasteiger partial charge in [-0.3, -0.25) is 9.69 Å². The van der Waals surface area contributed by atoms with Crippen molar-refractivity contribution < 1.29 is 27.4 Å². The number of ether oxygens (including phenoxy) is 2. The van der Waals surface area contributed by atoms with Crippen LogP contribution in [0.15, 0.2) is 30.5 Å². The van der Waals surface area contributed by atoms with E-state index < -0.39 is 17.8 Å². The van der Waals surface area contributed by atoms with Gasteiger partial charge in [0.25, 0.3) is 5.91 Å². The summed E-state index contributed by atoms with van der Waals surface area (Å²) in [6.07, 6.45) is -2.53. The number of alkyl halides is 3. The summed E-state index contributed by atoms with van der Waals surface area (Å²) in [6.45, 7) is 4.50. The molecule has 2 aromatic heterocycles. The molecule has 2 atom stereocenters. The van der Waals surface area contributed by atoms with Gasteiger partial charge in [-0.2, -0.15) is 13.2 Å². The van der Waals surface area contributed by atoms with Crippen molar-refractivity contribution in [3.05, 3.63) is 47.4 Å². The Bertz CT molecular complexity index is 1280. The lowest BCUT2D eigenvalue weighted by molar-refractivity contribution is -0.139. The highest BCUT2D eigenvalue weighted by Crippen LogP contribution is 2.41. The van der Waals surface area contributed by atoms with Crippen LogP contribution in [0.2, 0.25) is 0 Å². The summed E-state index contributed by atoms with van der Waals surface area (Å²) in [6, 6.07) is 5.19. The summed E-state index contributed by atoms with van der Waals surface area (Å²) < 4.78 is 52.2. The number of hydrogen-bond acceptors (Lipinski definition) is 7. The van der Waals surface area contributed by atoms with E-state index in [0.29, 0.717) is 53.5 Å². The van der Waals surface area contributed by atoms with Gasteiger partial charge in [0.2, 0.25) is 0 Å². The van der Waals surface area contributed by atoms with E-state index in [1.807, 2.05) is 6.92 Å². The van der Waals surface area contributed by atoms with Crippen molar-refractivity contribution in [3.63, 3.8) is 0 Å². The van der Waals surface area contributed by atoms with Crippen LogP contribution in [0.3, 0.4) is 0 Å². The molecule has 0 spiro atoms. The first-order chi connectivity index (χ1) is 16.7. The van der Waals surface area contributed by atoms with Gasteiger partial charge in [0.1, 0.15) is 29.8 Å². The van der Waals surface area contributed by atoms with E-state index in [1.165, 1.54) is 6.07 Å². The van der Waals surface area contributed by atoms with Crippen LogP contribution in [-0.2, 0) is 15.7 Å². The lowest BCUT2D eigenvalue weighted by Gasteiger charge is -2.26. The predicted octanol–water partition coefficient (Wildman–Crippen LogP) is 4.47. The Morgan fingerprint density at radius 1 is 1.17 bits per heavy atom. The second-order valence-electron chi connectivity index (χ2n) is 8.71. The number of pyridine rings is 1. The van der Waals surface area contributed by atoms with E-state index in [-0.39, 0.29) is 30.8 Å². The van der Waals surface area contributed by atoms with E-state index >= 15 is 0 Å². The fourth-order valence-electron chi connectivity index (χ4n) is 4.31. The molecule has 5 rings (SSSR count). The van der Waals surface area contributed by atoms with Crippen LogP contribution in [0, 0.1) is 0 Å². The molecule has 2 bridgehead atoms. The third-order valence-corrected chi connectivity index (χ3v) is 6.26. The topological polar surface area (TPSA) is 89.5 Å². The van der Waals surface area contributed by atoms with Crippen molar-refractivity contribution in [1.29, 1.82) is 0 Å². The monoisotopic (exact) mass is 487 g/mol. The molecule has 1 saturated heterocycles. The van der Waals surface area contributed by atoms with Gasteiger partial charge in [-0.1, -0.05) is 19.1 Å². The number of benzene rings is 1. The van der Waals surface area contributed by atoms with Crippen molar-refractivity contribution in [1.82, 2.24) is 15.0 Å². The molecule has 1 fully saturated rings. The Morgan fingerprint density at radius 2 is 2.00 bits per heavy atom. The molecular weight excluding hydrogens is 463 g/mol. The van der Waals surface area contributed by atoms with E-state index in [2.05, 4.69) is 15.3 Å². The molecule has 4 heterocycles. The maximum Gasteiger partial charge on any atom is 0.419 e. The summed E-state index contributed by atoms with van der Waals surface area (Å²) in [5.74, 6) is 0.886. The third-order valence-electron chi connectivity index (χ3n) is 6.26. The Labute approximate surface area is 199 Å². The predicted molar refractivity (Wildman–Crippen MR) is 123 cm³/mol. The molecule has 0 unspecified atom stereocenters. The molecule has 11 heteroatoms. The maximum atomic E-state index is 13.7. The number of nitrogens with one attached hydrogen (secondary N) is 1. The second-order valence-corrected chi connectivity index (χ2v) is 8.71. The Morgan fingerprint density at radius 3 is 2.77 bits per heavy atom. The van der Waals surface area contributed by atoms with Gasteiger partial charge < -0.3 is 14.8 Å². The maximum absolute atomic E-state index is 13.7. The average Bonchev–Trinajstić information content (AvgIpc) is 2.84. The highest BCUT2D eigenvalue weighted by Gasteiger charge is 2.36. The highest BCUT2D eigenvalue weighted by molar-refractivity contribution is 5.97. The number of rotatable bonds is 1. The first-order valence-electron chi connectivity index (χ1n) is 11.4. The molecule has 1 aromatic carbocycles. The van der Waals surface area contributed by atoms with Gasteiger partial charge in [0.15, 0.2) is 0 Å². The number of nitrogens with zero attached hydrogens (tertiary/aromatic N) is 4. The molecule has 0 radical (unpaired) electrons. The lowest BCUT2D eigenvalue weighted by Crippen LogP contribution is -2.42. The molecular formula is C24H24F3N5O3. The van der Waals surface area contributed by atoms with Crippen LogP contribution in [0.5, 0.6) is 5.75 Å². The van der Waals surface area contributed by atoms with Gasteiger partial charge in [-0.05, 0) is 25.5 Å². The zero-order valence-electron chi connectivity index (χ0n) is 19.2. The van der Waals surface area contributed by atoms with Gasteiger partial charge in [0, 0.05) is 16.9 Å². The first kappa shape index (κ1) is 23.3. The largest absolute Gasteiger partial charge is 0.493 e. The number of aromatic nitrogens is 3. The summed E-state index contributed by atoms with van der Waals surface area (Å²) in [5, 5.41) is 3.88. The zero-order chi connectivity index (χ0) is 24.7. The summed E-state index contributed by atoms with van der Waals surface area (Å²) in [7, 11) is 0. The van der Waals surface area contributed by atoms with Crippen molar-refractivity contribution >= 4 is 28.4 Å². The van der Waals surface area contributed by atoms with Crippen molar-refractivity contribution in [2.24, 2.45) is 0 Å². The van der Waals surface area contributed by atoms with Crippen LogP contribution in [0.1, 0.15) is 49.2 Å². The third kappa shape index (κ3) is 4.47. The van der Waals surface area contributed by atoms with Crippen LogP contribution in [0.4, 0.5) is 24.8 Å². The fraction of sp³-hybridized carbons (Fsp3) is 0.417. The number of morpholine rings is 1. The minimum atomic E-state index is -4.55. The van der Waals surface area contributed by atoms with Crippen LogP contribution < -0.4 is 15.0 Å². The Kier molecular flexibility index (Phi) is 5.96. The number of carbonyl (C=O) groups excluding carboxylic acids is 1. The number of fused-ring (bicyclic) bond motifs is 5. The van der Waals surface area contributed by atoms with E-state index in [4.69, 9.17) is 14.5 Å². The SMILES string of the molecule is C[C@@H]1CCOc2c(cccc2C(F)(F)F)[C@@H](C)Nc2nc1nc1cnc(N3CCOCC3=O)cc21. The Balaban J connectivity index is 1.63. The van der Waals surface area contributed by atoms with Gasteiger partial charge in [-0.25, -0.2) is 15.0 Å². The van der Waals surface area contributed by atoms with Crippen molar-refractivity contribution in [2.75, 3.05) is 36.6 Å². The van der Waals surface area contributed by atoms with Crippen LogP contribution in [-0.4, -0.2) is 47.2 Å². The number of para-hydroxylation sites is 1. The van der Waals surface area contributed by atoms with E-state index in [0.717, 1.165) is 6.07 Å².